The fourth-order valence-corrected chi connectivity index (χ4v) is 2.38. The van der Waals surface area contributed by atoms with Crippen LogP contribution < -0.4 is 5.32 Å². The number of hydrogen-bond acceptors (Lipinski definition) is 5. The van der Waals surface area contributed by atoms with E-state index in [-0.39, 0.29) is 12.5 Å². The van der Waals surface area contributed by atoms with Crippen molar-refractivity contribution in [2.45, 2.75) is 6.92 Å². The van der Waals surface area contributed by atoms with Gasteiger partial charge in [0.2, 0.25) is 5.91 Å². The van der Waals surface area contributed by atoms with Gasteiger partial charge in [-0.15, -0.1) is 11.3 Å². The normalized spacial score (nSPS) is 10.5. The van der Waals surface area contributed by atoms with Crippen LogP contribution in [-0.2, 0) is 4.79 Å². The zero-order valence-electron chi connectivity index (χ0n) is 10.0. The molecule has 2 heterocycles. The summed E-state index contributed by atoms with van der Waals surface area (Å²) in [5.74, 6) is 0.744. The van der Waals surface area contributed by atoms with Gasteiger partial charge in [-0.1, -0.05) is 0 Å². The third-order valence-corrected chi connectivity index (χ3v) is 3.53. The van der Waals surface area contributed by atoms with Crippen LogP contribution >= 0.6 is 11.3 Å². The largest absolute Gasteiger partial charge is 0.360 e. The van der Waals surface area contributed by atoms with Gasteiger partial charge in [0.05, 0.1) is 16.8 Å². The van der Waals surface area contributed by atoms with E-state index in [0.717, 1.165) is 21.6 Å². The molecule has 90 valence electrons. The minimum atomic E-state index is 0.0186. The van der Waals surface area contributed by atoms with Crippen LogP contribution in [-0.4, -0.2) is 41.4 Å². The molecule has 0 aliphatic heterocycles. The number of fused-ring (bicyclic) bond motifs is 1. The van der Waals surface area contributed by atoms with Gasteiger partial charge in [0, 0.05) is 14.1 Å². The van der Waals surface area contributed by atoms with Gasteiger partial charge < -0.3 is 10.2 Å². The molecule has 0 aliphatic carbocycles. The van der Waals surface area contributed by atoms with Crippen molar-refractivity contribution in [1.82, 2.24) is 14.9 Å². The van der Waals surface area contributed by atoms with Crippen molar-refractivity contribution in [3.05, 3.63) is 17.3 Å². The third-order valence-electron chi connectivity index (χ3n) is 2.44. The van der Waals surface area contributed by atoms with E-state index in [1.165, 1.54) is 6.33 Å². The second-order valence-electron chi connectivity index (χ2n) is 3.96. The van der Waals surface area contributed by atoms with Crippen LogP contribution in [0.2, 0.25) is 0 Å². The number of aryl methyl sites for hydroxylation is 1. The number of amides is 1. The SMILES string of the molecule is Cc1csc2c(NCC(=O)N(C)C)ncnc12. The summed E-state index contributed by atoms with van der Waals surface area (Å²) in [7, 11) is 3.46. The maximum Gasteiger partial charge on any atom is 0.241 e. The van der Waals surface area contributed by atoms with Gasteiger partial charge in [-0.3, -0.25) is 4.79 Å². The van der Waals surface area contributed by atoms with Gasteiger partial charge in [-0.05, 0) is 17.9 Å². The van der Waals surface area contributed by atoms with E-state index in [4.69, 9.17) is 0 Å². The van der Waals surface area contributed by atoms with Gasteiger partial charge in [-0.2, -0.15) is 0 Å². The van der Waals surface area contributed by atoms with E-state index in [1.807, 2.05) is 12.3 Å². The summed E-state index contributed by atoms with van der Waals surface area (Å²) in [6.07, 6.45) is 1.52. The molecule has 0 unspecified atom stereocenters. The lowest BCUT2D eigenvalue weighted by atomic mass is 10.3. The Hall–Kier alpha value is -1.69. The van der Waals surface area contributed by atoms with E-state index >= 15 is 0 Å². The quantitative estimate of drug-likeness (QED) is 0.897. The molecule has 0 aromatic carbocycles. The molecule has 2 aromatic rings. The summed E-state index contributed by atoms with van der Waals surface area (Å²) in [5, 5.41) is 5.09. The average molecular weight is 250 g/mol. The van der Waals surface area contributed by atoms with Crippen molar-refractivity contribution < 1.29 is 4.79 Å². The first-order valence-electron chi connectivity index (χ1n) is 5.22. The van der Waals surface area contributed by atoms with Crippen LogP contribution in [0.5, 0.6) is 0 Å². The molecule has 0 fully saturated rings. The van der Waals surface area contributed by atoms with Crippen LogP contribution in [0.3, 0.4) is 0 Å². The molecule has 2 aromatic heterocycles. The molecule has 2 rings (SSSR count). The maximum absolute atomic E-state index is 11.5. The molecule has 17 heavy (non-hydrogen) atoms. The molecule has 6 heteroatoms. The number of hydrogen-bond donors (Lipinski definition) is 1. The van der Waals surface area contributed by atoms with Crippen LogP contribution in [0.4, 0.5) is 5.82 Å². The Morgan fingerprint density at radius 2 is 2.24 bits per heavy atom. The zero-order valence-corrected chi connectivity index (χ0v) is 10.8. The number of rotatable bonds is 3. The number of anilines is 1. The smallest absolute Gasteiger partial charge is 0.241 e. The van der Waals surface area contributed by atoms with Crippen molar-refractivity contribution in [2.75, 3.05) is 26.0 Å². The van der Waals surface area contributed by atoms with Gasteiger partial charge in [-0.25, -0.2) is 9.97 Å². The summed E-state index contributed by atoms with van der Waals surface area (Å²) < 4.78 is 0.997. The Morgan fingerprint density at radius 3 is 2.94 bits per heavy atom. The van der Waals surface area contributed by atoms with E-state index in [0.29, 0.717) is 0 Å². The molecule has 1 amide bonds. The van der Waals surface area contributed by atoms with E-state index in [9.17, 15) is 4.79 Å². The van der Waals surface area contributed by atoms with Crippen molar-refractivity contribution in [3.8, 4) is 0 Å². The fraction of sp³-hybridized carbons (Fsp3) is 0.364. The van der Waals surface area contributed by atoms with Crippen molar-refractivity contribution >= 4 is 33.3 Å². The predicted molar refractivity (Wildman–Crippen MR) is 69.3 cm³/mol. The Bertz CT molecular complexity index is 549. The zero-order chi connectivity index (χ0) is 12.4. The first kappa shape index (κ1) is 11.8. The van der Waals surface area contributed by atoms with Crippen molar-refractivity contribution in [2.24, 2.45) is 0 Å². The lowest BCUT2D eigenvalue weighted by Crippen LogP contribution is -2.28. The molecule has 0 atom stereocenters. The highest BCUT2D eigenvalue weighted by Gasteiger charge is 2.09. The maximum atomic E-state index is 11.5. The molecule has 0 saturated heterocycles. The van der Waals surface area contributed by atoms with Gasteiger partial charge in [0.1, 0.15) is 12.1 Å². The average Bonchev–Trinajstić information content (AvgIpc) is 2.69. The molecule has 0 aliphatic rings. The Labute approximate surface area is 103 Å². The van der Waals surface area contributed by atoms with Crippen LogP contribution in [0.15, 0.2) is 11.7 Å². The molecular weight excluding hydrogens is 236 g/mol. The highest BCUT2D eigenvalue weighted by molar-refractivity contribution is 7.18. The van der Waals surface area contributed by atoms with Gasteiger partial charge in [0.25, 0.3) is 0 Å². The first-order chi connectivity index (χ1) is 8.09. The van der Waals surface area contributed by atoms with Crippen LogP contribution in [0, 0.1) is 6.92 Å². The predicted octanol–water partition coefficient (Wildman–Crippen LogP) is 1.50. The molecule has 0 saturated carbocycles. The van der Waals surface area contributed by atoms with Crippen LogP contribution in [0.25, 0.3) is 10.2 Å². The van der Waals surface area contributed by atoms with E-state index < -0.39 is 0 Å². The summed E-state index contributed by atoms with van der Waals surface area (Å²) >= 11 is 1.59. The minimum Gasteiger partial charge on any atom is -0.360 e. The van der Waals surface area contributed by atoms with Gasteiger partial charge in [0.15, 0.2) is 0 Å². The topological polar surface area (TPSA) is 58.1 Å². The Balaban J connectivity index is 2.22. The number of nitrogens with zero attached hydrogens (tertiary/aromatic N) is 3. The third kappa shape index (κ3) is 2.36. The summed E-state index contributed by atoms with van der Waals surface area (Å²) in [6, 6.07) is 0. The second kappa shape index (κ2) is 4.67. The molecule has 1 N–H and O–H groups in total. The second-order valence-corrected chi connectivity index (χ2v) is 4.84. The highest BCUT2D eigenvalue weighted by Crippen LogP contribution is 2.28. The summed E-state index contributed by atoms with van der Waals surface area (Å²) in [6.45, 7) is 2.26. The Kier molecular flexibility index (Phi) is 3.23. The number of carbonyl (C=O) groups excluding carboxylic acids is 1. The number of nitrogens with one attached hydrogen (secondary N) is 1. The number of carbonyl (C=O) groups is 1. The Morgan fingerprint density at radius 1 is 1.47 bits per heavy atom. The molecular formula is C11H14N4OS. The van der Waals surface area contributed by atoms with E-state index in [1.54, 1.807) is 30.3 Å². The van der Waals surface area contributed by atoms with Crippen molar-refractivity contribution in [3.63, 3.8) is 0 Å². The summed E-state index contributed by atoms with van der Waals surface area (Å²) in [5.41, 5.74) is 2.08. The van der Waals surface area contributed by atoms with Gasteiger partial charge >= 0.3 is 0 Å². The lowest BCUT2D eigenvalue weighted by Gasteiger charge is -2.11. The minimum absolute atomic E-state index is 0.0186. The number of aromatic nitrogens is 2. The van der Waals surface area contributed by atoms with Crippen molar-refractivity contribution in [1.29, 1.82) is 0 Å². The number of thiophene rings is 1. The number of likely N-dealkylation sites (N-methyl/N-ethyl adjacent to an activating group) is 1. The standard InChI is InChI=1S/C11H14N4OS/c1-7-5-17-10-9(7)13-6-14-11(10)12-4-8(16)15(2)3/h5-6H,4H2,1-3H3,(H,12,13,14). The lowest BCUT2D eigenvalue weighted by molar-refractivity contribution is -0.126. The molecule has 0 radical (unpaired) electrons. The molecule has 0 bridgehead atoms. The molecule has 5 nitrogen and oxygen atoms in total. The highest BCUT2D eigenvalue weighted by atomic mass is 32.1. The summed E-state index contributed by atoms with van der Waals surface area (Å²) in [4.78, 5) is 21.4. The fourth-order valence-electron chi connectivity index (χ4n) is 1.41. The molecule has 0 spiro atoms. The van der Waals surface area contributed by atoms with Crippen LogP contribution in [0.1, 0.15) is 5.56 Å². The van der Waals surface area contributed by atoms with E-state index in [2.05, 4.69) is 15.3 Å². The first-order valence-corrected chi connectivity index (χ1v) is 6.10. The monoisotopic (exact) mass is 250 g/mol.